The second-order valence-electron chi connectivity index (χ2n) is 9.96. The van der Waals surface area contributed by atoms with Gasteiger partial charge in [0.05, 0.1) is 23.3 Å². The van der Waals surface area contributed by atoms with Gasteiger partial charge in [0, 0.05) is 38.3 Å². The summed E-state index contributed by atoms with van der Waals surface area (Å²) in [4.78, 5) is 33.8. The first-order valence-electron chi connectivity index (χ1n) is 11.5. The Labute approximate surface area is 195 Å². The van der Waals surface area contributed by atoms with Crippen molar-refractivity contribution in [3.05, 3.63) is 24.3 Å². The van der Waals surface area contributed by atoms with Crippen molar-refractivity contribution in [3.63, 3.8) is 0 Å². The number of carbonyl (C=O) groups is 2. The molecule has 1 N–H and O–H groups in total. The molecule has 0 aliphatic carbocycles. The van der Waals surface area contributed by atoms with Gasteiger partial charge in [-0.1, -0.05) is 37.7 Å². The molecule has 32 heavy (non-hydrogen) atoms. The van der Waals surface area contributed by atoms with Gasteiger partial charge in [0.15, 0.2) is 5.16 Å². The fourth-order valence-electron chi connectivity index (χ4n) is 3.80. The molecule has 7 nitrogen and oxygen atoms in total. The SMILES string of the molecule is CC(C)CCn1c(SCC(=O)N2CCN(CC(=O)NC(C)(C)C)CC2)nc2ccccc21. The lowest BCUT2D eigenvalue weighted by Gasteiger charge is -2.34. The standard InChI is InChI=1S/C24H37N5O2S/c1-18(2)10-11-29-20-9-7-6-8-19(20)25-23(29)32-17-22(31)28-14-12-27(13-15-28)16-21(30)26-24(3,4)5/h6-9,18H,10-17H2,1-5H3,(H,26,30). The molecule has 1 fully saturated rings. The molecule has 1 saturated heterocycles. The molecule has 8 heteroatoms. The van der Waals surface area contributed by atoms with Crippen molar-refractivity contribution in [1.29, 1.82) is 0 Å². The van der Waals surface area contributed by atoms with E-state index >= 15 is 0 Å². The van der Waals surface area contributed by atoms with Gasteiger partial charge in [0.2, 0.25) is 11.8 Å². The van der Waals surface area contributed by atoms with Gasteiger partial charge >= 0.3 is 0 Å². The molecule has 0 bridgehead atoms. The number of nitrogens with zero attached hydrogens (tertiary/aromatic N) is 4. The van der Waals surface area contributed by atoms with Gasteiger partial charge in [-0.15, -0.1) is 0 Å². The molecule has 0 spiro atoms. The van der Waals surface area contributed by atoms with E-state index in [0.717, 1.165) is 42.2 Å². The average Bonchev–Trinajstić information content (AvgIpc) is 3.07. The summed E-state index contributed by atoms with van der Waals surface area (Å²) in [5.41, 5.74) is 1.89. The van der Waals surface area contributed by atoms with Crippen LogP contribution in [0.5, 0.6) is 0 Å². The summed E-state index contributed by atoms with van der Waals surface area (Å²) in [5.74, 6) is 1.16. The number of rotatable bonds is 8. The molecule has 176 valence electrons. The van der Waals surface area contributed by atoms with E-state index in [1.54, 1.807) is 0 Å². The Morgan fingerprint density at radius 2 is 1.81 bits per heavy atom. The predicted octanol–water partition coefficient (Wildman–Crippen LogP) is 3.23. The molecule has 1 aliphatic rings. The maximum atomic E-state index is 12.9. The Bertz CT molecular complexity index is 926. The zero-order valence-electron chi connectivity index (χ0n) is 20.1. The minimum absolute atomic E-state index is 0.0353. The number of benzene rings is 1. The van der Waals surface area contributed by atoms with Crippen LogP contribution < -0.4 is 5.32 Å². The van der Waals surface area contributed by atoms with Crippen LogP contribution in [0, 0.1) is 5.92 Å². The van der Waals surface area contributed by atoms with Gasteiger partial charge in [0.1, 0.15) is 0 Å². The molecule has 3 rings (SSSR count). The summed E-state index contributed by atoms with van der Waals surface area (Å²) in [7, 11) is 0. The van der Waals surface area contributed by atoms with Crippen molar-refractivity contribution in [1.82, 2.24) is 24.7 Å². The lowest BCUT2D eigenvalue weighted by atomic mass is 10.1. The average molecular weight is 460 g/mol. The van der Waals surface area contributed by atoms with Crippen LogP contribution in [0.3, 0.4) is 0 Å². The van der Waals surface area contributed by atoms with Crippen molar-refractivity contribution in [2.75, 3.05) is 38.5 Å². The first kappa shape index (κ1) is 24.6. The zero-order valence-corrected chi connectivity index (χ0v) is 20.9. The fraction of sp³-hybridized carbons (Fsp3) is 0.625. The number of hydrogen-bond acceptors (Lipinski definition) is 5. The Kier molecular flexibility index (Phi) is 8.22. The van der Waals surface area contributed by atoms with Crippen LogP contribution in [-0.2, 0) is 16.1 Å². The highest BCUT2D eigenvalue weighted by atomic mass is 32.2. The number of piperazine rings is 1. The molecule has 0 saturated carbocycles. The van der Waals surface area contributed by atoms with Crippen LogP contribution in [0.2, 0.25) is 0 Å². The van der Waals surface area contributed by atoms with E-state index in [0.29, 0.717) is 31.3 Å². The lowest BCUT2D eigenvalue weighted by Crippen LogP contribution is -2.53. The summed E-state index contributed by atoms with van der Waals surface area (Å²) in [6, 6.07) is 8.17. The van der Waals surface area contributed by atoms with Gasteiger partial charge < -0.3 is 14.8 Å². The minimum Gasteiger partial charge on any atom is -0.350 e. The number of aryl methyl sites for hydroxylation is 1. The van der Waals surface area contributed by atoms with E-state index in [-0.39, 0.29) is 17.4 Å². The number of aromatic nitrogens is 2. The van der Waals surface area contributed by atoms with Gasteiger partial charge in [-0.25, -0.2) is 4.98 Å². The van der Waals surface area contributed by atoms with E-state index < -0.39 is 0 Å². The van der Waals surface area contributed by atoms with Crippen molar-refractivity contribution >= 4 is 34.6 Å². The quantitative estimate of drug-likeness (QED) is 0.614. The van der Waals surface area contributed by atoms with Gasteiger partial charge in [-0.05, 0) is 45.2 Å². The summed E-state index contributed by atoms with van der Waals surface area (Å²) in [6.07, 6.45) is 1.08. The Morgan fingerprint density at radius 3 is 2.47 bits per heavy atom. The van der Waals surface area contributed by atoms with Crippen molar-refractivity contribution < 1.29 is 9.59 Å². The largest absolute Gasteiger partial charge is 0.350 e. The number of imidazole rings is 1. The van der Waals surface area contributed by atoms with E-state index in [1.807, 2.05) is 43.9 Å². The highest BCUT2D eigenvalue weighted by Crippen LogP contribution is 2.25. The van der Waals surface area contributed by atoms with E-state index in [4.69, 9.17) is 4.98 Å². The Morgan fingerprint density at radius 1 is 1.12 bits per heavy atom. The molecule has 1 aromatic heterocycles. The van der Waals surface area contributed by atoms with Crippen LogP contribution in [0.15, 0.2) is 29.4 Å². The summed E-state index contributed by atoms with van der Waals surface area (Å²) in [6.45, 7) is 14.4. The van der Waals surface area contributed by atoms with Gasteiger partial charge in [0.25, 0.3) is 0 Å². The fourth-order valence-corrected chi connectivity index (χ4v) is 4.74. The Balaban J connectivity index is 1.53. The van der Waals surface area contributed by atoms with Crippen LogP contribution in [-0.4, -0.2) is 75.2 Å². The molecule has 2 heterocycles. The smallest absolute Gasteiger partial charge is 0.234 e. The van der Waals surface area contributed by atoms with Crippen LogP contribution >= 0.6 is 11.8 Å². The number of hydrogen-bond donors (Lipinski definition) is 1. The van der Waals surface area contributed by atoms with Gasteiger partial charge in [-0.3, -0.25) is 14.5 Å². The molecule has 1 aliphatic heterocycles. The first-order valence-corrected chi connectivity index (χ1v) is 12.5. The number of nitrogens with one attached hydrogen (secondary N) is 1. The van der Waals surface area contributed by atoms with E-state index in [2.05, 4.69) is 34.7 Å². The first-order chi connectivity index (χ1) is 15.1. The highest BCUT2D eigenvalue weighted by Gasteiger charge is 2.24. The molecule has 0 unspecified atom stereocenters. The minimum atomic E-state index is -0.224. The molecular weight excluding hydrogens is 422 g/mol. The maximum Gasteiger partial charge on any atom is 0.234 e. The maximum absolute atomic E-state index is 12.9. The molecule has 2 aromatic rings. The van der Waals surface area contributed by atoms with Gasteiger partial charge in [-0.2, -0.15) is 0 Å². The third-order valence-corrected chi connectivity index (χ3v) is 6.44. The topological polar surface area (TPSA) is 70.5 Å². The summed E-state index contributed by atoms with van der Waals surface area (Å²) in [5, 5.41) is 3.91. The summed E-state index contributed by atoms with van der Waals surface area (Å²) >= 11 is 1.53. The summed E-state index contributed by atoms with van der Waals surface area (Å²) < 4.78 is 2.25. The third-order valence-electron chi connectivity index (χ3n) is 5.48. The van der Waals surface area contributed by atoms with Crippen molar-refractivity contribution in [2.45, 2.75) is 58.3 Å². The van der Waals surface area contributed by atoms with E-state index in [9.17, 15) is 9.59 Å². The van der Waals surface area contributed by atoms with E-state index in [1.165, 1.54) is 11.8 Å². The molecule has 0 radical (unpaired) electrons. The third kappa shape index (κ3) is 6.97. The number of para-hydroxylation sites is 2. The number of carbonyl (C=O) groups excluding carboxylic acids is 2. The normalized spacial score (nSPS) is 15.5. The highest BCUT2D eigenvalue weighted by molar-refractivity contribution is 7.99. The molecule has 1 aromatic carbocycles. The number of thioether (sulfide) groups is 1. The predicted molar refractivity (Wildman–Crippen MR) is 131 cm³/mol. The van der Waals surface area contributed by atoms with Crippen LogP contribution in [0.25, 0.3) is 11.0 Å². The molecule has 2 amide bonds. The monoisotopic (exact) mass is 459 g/mol. The second kappa shape index (κ2) is 10.7. The Hall–Kier alpha value is -2.06. The zero-order chi connectivity index (χ0) is 23.3. The van der Waals surface area contributed by atoms with Crippen LogP contribution in [0.4, 0.5) is 0 Å². The number of amides is 2. The molecular formula is C24H37N5O2S. The van der Waals surface area contributed by atoms with Crippen molar-refractivity contribution in [3.8, 4) is 0 Å². The van der Waals surface area contributed by atoms with Crippen molar-refractivity contribution in [2.24, 2.45) is 5.92 Å². The van der Waals surface area contributed by atoms with Crippen LogP contribution in [0.1, 0.15) is 41.0 Å². The number of fused-ring (bicyclic) bond motifs is 1. The lowest BCUT2D eigenvalue weighted by molar-refractivity contribution is -0.130. The second-order valence-corrected chi connectivity index (χ2v) is 10.9. The molecule has 0 atom stereocenters.